The van der Waals surface area contributed by atoms with E-state index in [4.69, 9.17) is 4.74 Å². The molecule has 0 bridgehead atoms. The van der Waals surface area contributed by atoms with Crippen LogP contribution in [0.15, 0.2) is 48.5 Å². The monoisotopic (exact) mass is 476 g/mol. The first-order valence-electron chi connectivity index (χ1n) is 12.4. The molecule has 2 fully saturated rings. The second kappa shape index (κ2) is 9.02. The highest BCUT2D eigenvalue weighted by molar-refractivity contribution is 5.87. The van der Waals surface area contributed by atoms with Gasteiger partial charge in [0.1, 0.15) is 12.6 Å². The largest absolute Gasteiger partial charge is 0.481 e. The smallest absolute Gasteiger partial charge is 0.407 e. The van der Waals surface area contributed by atoms with Gasteiger partial charge in [-0.25, -0.2) is 4.79 Å². The average molecular weight is 477 g/mol. The molecule has 3 aliphatic rings. The van der Waals surface area contributed by atoms with Crippen LogP contribution in [0.1, 0.15) is 50.2 Å². The Labute approximate surface area is 205 Å². The van der Waals surface area contributed by atoms with Crippen LogP contribution in [0.2, 0.25) is 0 Å². The molecule has 2 N–H and O–H groups in total. The Morgan fingerprint density at radius 1 is 1.06 bits per heavy atom. The molecule has 35 heavy (non-hydrogen) atoms. The van der Waals surface area contributed by atoms with Crippen LogP contribution >= 0.6 is 0 Å². The highest BCUT2D eigenvalue weighted by Gasteiger charge is 2.55. The van der Waals surface area contributed by atoms with Gasteiger partial charge in [-0.3, -0.25) is 9.59 Å². The van der Waals surface area contributed by atoms with E-state index in [1.807, 2.05) is 38.1 Å². The maximum atomic E-state index is 13.4. The van der Waals surface area contributed by atoms with E-state index < -0.39 is 24.0 Å². The molecule has 2 amide bonds. The predicted molar refractivity (Wildman–Crippen MR) is 131 cm³/mol. The normalized spacial score (nSPS) is 20.8. The molecule has 1 unspecified atom stereocenters. The Morgan fingerprint density at radius 2 is 1.66 bits per heavy atom. The summed E-state index contributed by atoms with van der Waals surface area (Å²) in [6.07, 6.45) is 2.03. The number of likely N-dealkylation sites (tertiary alicyclic amines) is 1. The van der Waals surface area contributed by atoms with Crippen LogP contribution in [-0.4, -0.2) is 53.7 Å². The minimum atomic E-state index is -0.842. The number of hydrogen-bond donors (Lipinski definition) is 2. The van der Waals surface area contributed by atoms with Gasteiger partial charge in [-0.2, -0.15) is 0 Å². The molecule has 1 saturated heterocycles. The molecule has 7 nitrogen and oxygen atoms in total. The fraction of sp³-hybridized carbons (Fsp3) is 0.464. The zero-order valence-corrected chi connectivity index (χ0v) is 20.2. The van der Waals surface area contributed by atoms with E-state index in [2.05, 4.69) is 29.6 Å². The summed E-state index contributed by atoms with van der Waals surface area (Å²) in [4.78, 5) is 39.6. The lowest BCUT2D eigenvalue weighted by Crippen LogP contribution is -2.51. The number of hydrogen-bond acceptors (Lipinski definition) is 4. The van der Waals surface area contributed by atoms with Crippen molar-refractivity contribution in [1.82, 2.24) is 10.2 Å². The second-order valence-corrected chi connectivity index (χ2v) is 10.5. The molecule has 2 aliphatic carbocycles. The van der Waals surface area contributed by atoms with Gasteiger partial charge in [-0.15, -0.1) is 0 Å². The third-order valence-corrected chi connectivity index (χ3v) is 8.16. The number of carbonyl (C=O) groups is 3. The number of benzene rings is 2. The molecule has 2 atom stereocenters. The number of amides is 2. The van der Waals surface area contributed by atoms with Gasteiger partial charge in [0.25, 0.3) is 0 Å². The molecule has 0 radical (unpaired) electrons. The molecule has 1 heterocycles. The molecule has 0 aromatic heterocycles. The van der Waals surface area contributed by atoms with E-state index in [1.54, 1.807) is 4.90 Å². The fourth-order valence-electron chi connectivity index (χ4n) is 6.09. The number of carboxylic acid groups (broad SMARTS) is 1. The quantitative estimate of drug-likeness (QED) is 0.649. The van der Waals surface area contributed by atoms with Crippen molar-refractivity contribution in [2.24, 2.45) is 17.3 Å². The van der Waals surface area contributed by atoms with Crippen LogP contribution in [0.5, 0.6) is 0 Å². The minimum Gasteiger partial charge on any atom is -0.481 e. The van der Waals surface area contributed by atoms with E-state index in [-0.39, 0.29) is 36.3 Å². The molecule has 7 heteroatoms. The average Bonchev–Trinajstić information content (AvgIpc) is 3.38. The molecule has 1 spiro atoms. The van der Waals surface area contributed by atoms with Crippen molar-refractivity contribution in [2.75, 3.05) is 19.7 Å². The number of carboxylic acids is 1. The van der Waals surface area contributed by atoms with Crippen molar-refractivity contribution < 1.29 is 24.2 Å². The van der Waals surface area contributed by atoms with Gasteiger partial charge in [-0.05, 0) is 41.0 Å². The molecular weight excluding hydrogens is 444 g/mol. The zero-order valence-electron chi connectivity index (χ0n) is 20.2. The van der Waals surface area contributed by atoms with E-state index in [0.717, 1.165) is 41.5 Å². The van der Waals surface area contributed by atoms with Crippen LogP contribution in [-0.2, 0) is 14.3 Å². The molecule has 2 aromatic rings. The fourth-order valence-corrected chi connectivity index (χ4v) is 6.09. The Morgan fingerprint density at radius 3 is 2.14 bits per heavy atom. The van der Waals surface area contributed by atoms with Crippen LogP contribution in [0, 0.1) is 17.3 Å². The summed E-state index contributed by atoms with van der Waals surface area (Å²) in [5.74, 6) is -1.84. The van der Waals surface area contributed by atoms with Crippen molar-refractivity contribution in [1.29, 1.82) is 0 Å². The number of nitrogens with one attached hydrogen (secondary N) is 1. The number of rotatable bonds is 6. The first-order chi connectivity index (χ1) is 16.8. The maximum absolute atomic E-state index is 13.4. The Hall–Kier alpha value is -3.35. The molecular formula is C28H32N2O5. The van der Waals surface area contributed by atoms with Crippen LogP contribution in [0.25, 0.3) is 11.1 Å². The van der Waals surface area contributed by atoms with Crippen LogP contribution < -0.4 is 5.32 Å². The second-order valence-electron chi connectivity index (χ2n) is 10.5. The summed E-state index contributed by atoms with van der Waals surface area (Å²) in [6.45, 7) is 4.56. The summed E-state index contributed by atoms with van der Waals surface area (Å²) in [5, 5.41) is 12.5. The highest BCUT2D eigenvalue weighted by atomic mass is 16.5. The highest BCUT2D eigenvalue weighted by Crippen LogP contribution is 2.52. The first kappa shape index (κ1) is 23.4. The number of carbonyl (C=O) groups excluding carboxylic acids is 2. The Balaban J connectivity index is 1.25. The van der Waals surface area contributed by atoms with E-state index >= 15 is 0 Å². The number of nitrogens with zero attached hydrogens (tertiary/aromatic N) is 1. The Bertz CT molecular complexity index is 1110. The SMILES string of the molecule is CC(C)[C@@H](NC(=O)OCC1c2ccccc2-c2ccccc21)C(=O)N1CC(C(=O)O)C2(CCC2)C1. The van der Waals surface area contributed by atoms with Gasteiger partial charge in [0.05, 0.1) is 5.92 Å². The van der Waals surface area contributed by atoms with Gasteiger partial charge in [0, 0.05) is 24.4 Å². The molecule has 1 saturated carbocycles. The molecule has 184 valence electrons. The minimum absolute atomic E-state index is 0.0604. The lowest BCUT2D eigenvalue weighted by molar-refractivity contribution is -0.146. The van der Waals surface area contributed by atoms with Crippen molar-refractivity contribution in [3.8, 4) is 11.1 Å². The van der Waals surface area contributed by atoms with Crippen LogP contribution in [0.4, 0.5) is 4.79 Å². The maximum Gasteiger partial charge on any atom is 0.407 e. The summed E-state index contributed by atoms with van der Waals surface area (Å²) in [5.41, 5.74) is 4.24. The van der Waals surface area contributed by atoms with Crippen LogP contribution in [0.3, 0.4) is 0 Å². The molecule has 1 aliphatic heterocycles. The standard InChI is InChI=1S/C28H32N2O5/c1-17(2)24(25(31)30-14-23(26(32)33)28(16-30)12-7-13-28)29-27(34)35-15-22-20-10-5-3-8-18(20)19-9-4-6-11-21(19)22/h3-6,8-11,17,22-24H,7,12-16H2,1-2H3,(H,29,34)(H,32,33)/t23?,24-/m1/s1. The predicted octanol–water partition coefficient (Wildman–Crippen LogP) is 4.26. The van der Waals surface area contributed by atoms with Gasteiger partial charge in [0.15, 0.2) is 0 Å². The summed E-state index contributed by atoms with van der Waals surface area (Å²) in [7, 11) is 0. The van der Waals surface area contributed by atoms with Crippen molar-refractivity contribution >= 4 is 18.0 Å². The van der Waals surface area contributed by atoms with Crippen molar-refractivity contribution in [3.05, 3.63) is 59.7 Å². The van der Waals surface area contributed by atoms with Crippen molar-refractivity contribution in [3.63, 3.8) is 0 Å². The third-order valence-electron chi connectivity index (χ3n) is 8.16. The van der Waals surface area contributed by atoms with Crippen molar-refractivity contribution in [2.45, 2.75) is 45.1 Å². The number of aliphatic carboxylic acids is 1. The van der Waals surface area contributed by atoms with Gasteiger partial charge >= 0.3 is 12.1 Å². The van der Waals surface area contributed by atoms with Gasteiger partial charge in [0.2, 0.25) is 5.91 Å². The number of ether oxygens (including phenoxy) is 1. The summed E-state index contributed by atoms with van der Waals surface area (Å²) >= 11 is 0. The van der Waals surface area contributed by atoms with E-state index in [9.17, 15) is 19.5 Å². The topological polar surface area (TPSA) is 95.9 Å². The molecule has 5 rings (SSSR count). The number of alkyl carbamates (subject to hydrolysis) is 1. The first-order valence-corrected chi connectivity index (χ1v) is 12.4. The third kappa shape index (κ3) is 4.07. The van der Waals surface area contributed by atoms with Gasteiger partial charge in [-0.1, -0.05) is 68.8 Å². The Kier molecular flexibility index (Phi) is 6.03. The lowest BCUT2D eigenvalue weighted by Gasteiger charge is -2.41. The lowest BCUT2D eigenvalue weighted by atomic mass is 9.63. The summed E-state index contributed by atoms with van der Waals surface area (Å²) < 4.78 is 5.65. The van der Waals surface area contributed by atoms with Gasteiger partial charge < -0.3 is 20.1 Å². The summed E-state index contributed by atoms with van der Waals surface area (Å²) in [6, 6.07) is 15.5. The molecule has 2 aromatic carbocycles. The number of fused-ring (bicyclic) bond motifs is 3. The van der Waals surface area contributed by atoms with E-state index in [1.165, 1.54) is 0 Å². The van der Waals surface area contributed by atoms with E-state index in [0.29, 0.717) is 6.54 Å². The zero-order chi connectivity index (χ0) is 24.7.